The second-order valence-corrected chi connectivity index (χ2v) is 5.00. The highest BCUT2D eigenvalue weighted by Gasteiger charge is 2.28. The van der Waals surface area contributed by atoms with Gasteiger partial charge in [-0.05, 0) is 39.2 Å². The van der Waals surface area contributed by atoms with Crippen LogP contribution in [0.5, 0.6) is 0 Å². The standard InChI is InChI=1S/C12H19NO3/c1-12(2,3)16-11(15)13-7-6-10(9-13)5-4-8-14/h4-5,8,10H,6-7,9H2,1-3H3/b5-4+. The molecule has 0 aliphatic carbocycles. The van der Waals surface area contributed by atoms with Crippen molar-refractivity contribution < 1.29 is 14.3 Å². The highest BCUT2D eigenvalue weighted by atomic mass is 16.6. The van der Waals surface area contributed by atoms with Gasteiger partial charge < -0.3 is 9.64 Å². The van der Waals surface area contributed by atoms with Crippen molar-refractivity contribution in [2.24, 2.45) is 5.92 Å². The molecule has 1 atom stereocenters. The van der Waals surface area contributed by atoms with Crippen LogP contribution in [0.2, 0.25) is 0 Å². The zero-order valence-corrected chi connectivity index (χ0v) is 10.1. The van der Waals surface area contributed by atoms with E-state index < -0.39 is 5.60 Å². The lowest BCUT2D eigenvalue weighted by Gasteiger charge is -2.24. The number of likely N-dealkylation sites (tertiary alicyclic amines) is 1. The van der Waals surface area contributed by atoms with Gasteiger partial charge in [0.2, 0.25) is 0 Å². The SMILES string of the molecule is CC(C)(C)OC(=O)N1CCC(/C=C/C=O)C1. The number of carbonyl (C=O) groups is 2. The molecule has 0 aromatic heterocycles. The normalized spacial score (nSPS) is 21.4. The number of amides is 1. The van der Waals surface area contributed by atoms with Gasteiger partial charge in [-0.25, -0.2) is 4.79 Å². The van der Waals surface area contributed by atoms with Crippen molar-refractivity contribution in [3.05, 3.63) is 12.2 Å². The first-order valence-electron chi connectivity index (χ1n) is 5.52. The van der Waals surface area contributed by atoms with Crippen LogP contribution in [0.1, 0.15) is 27.2 Å². The molecule has 0 N–H and O–H groups in total. The van der Waals surface area contributed by atoms with E-state index >= 15 is 0 Å². The molecule has 1 aliphatic rings. The summed E-state index contributed by atoms with van der Waals surface area (Å²) in [7, 11) is 0. The molecule has 0 radical (unpaired) electrons. The fraction of sp³-hybridized carbons (Fsp3) is 0.667. The van der Waals surface area contributed by atoms with Crippen molar-refractivity contribution in [1.82, 2.24) is 4.90 Å². The van der Waals surface area contributed by atoms with Crippen molar-refractivity contribution in [2.45, 2.75) is 32.8 Å². The highest BCUT2D eigenvalue weighted by molar-refractivity contribution is 5.68. The van der Waals surface area contributed by atoms with Gasteiger partial charge in [0.15, 0.2) is 0 Å². The molecule has 0 spiro atoms. The van der Waals surface area contributed by atoms with Gasteiger partial charge in [0.1, 0.15) is 11.9 Å². The summed E-state index contributed by atoms with van der Waals surface area (Å²) in [6, 6.07) is 0. The Labute approximate surface area is 96.3 Å². The number of ether oxygens (including phenoxy) is 1. The Morgan fingerprint density at radius 2 is 2.12 bits per heavy atom. The van der Waals surface area contributed by atoms with Gasteiger partial charge in [0.25, 0.3) is 0 Å². The summed E-state index contributed by atoms with van der Waals surface area (Å²) >= 11 is 0. The van der Waals surface area contributed by atoms with E-state index in [1.165, 1.54) is 6.08 Å². The van der Waals surface area contributed by atoms with E-state index in [9.17, 15) is 9.59 Å². The Hall–Kier alpha value is -1.32. The van der Waals surface area contributed by atoms with Crippen LogP contribution < -0.4 is 0 Å². The molecule has 0 bridgehead atoms. The minimum atomic E-state index is -0.451. The Balaban J connectivity index is 2.44. The second kappa shape index (κ2) is 5.14. The third kappa shape index (κ3) is 4.04. The van der Waals surface area contributed by atoms with Crippen LogP contribution in [0.15, 0.2) is 12.2 Å². The van der Waals surface area contributed by atoms with Crippen LogP contribution in [0, 0.1) is 5.92 Å². The van der Waals surface area contributed by atoms with Crippen molar-refractivity contribution in [3.63, 3.8) is 0 Å². The molecule has 4 heteroatoms. The lowest BCUT2D eigenvalue weighted by molar-refractivity contribution is -0.104. The first-order chi connectivity index (χ1) is 7.42. The quantitative estimate of drug-likeness (QED) is 0.533. The second-order valence-electron chi connectivity index (χ2n) is 5.00. The van der Waals surface area contributed by atoms with Crippen LogP contribution in [-0.4, -0.2) is 36.0 Å². The molecule has 1 aliphatic heterocycles. The molecule has 0 saturated carbocycles. The average Bonchev–Trinajstić information content (AvgIpc) is 2.60. The number of hydrogen-bond acceptors (Lipinski definition) is 3. The van der Waals surface area contributed by atoms with Gasteiger partial charge in [0.05, 0.1) is 0 Å². The molecule has 1 rings (SSSR count). The van der Waals surface area contributed by atoms with E-state index in [4.69, 9.17) is 4.74 Å². The molecule has 90 valence electrons. The number of allylic oxidation sites excluding steroid dienone is 1. The Bertz CT molecular complexity index is 291. The monoisotopic (exact) mass is 225 g/mol. The number of carbonyl (C=O) groups excluding carboxylic acids is 2. The van der Waals surface area contributed by atoms with Crippen molar-refractivity contribution >= 4 is 12.4 Å². The smallest absolute Gasteiger partial charge is 0.410 e. The van der Waals surface area contributed by atoms with Gasteiger partial charge in [-0.1, -0.05) is 6.08 Å². The van der Waals surface area contributed by atoms with E-state index in [1.807, 2.05) is 26.8 Å². The number of aldehydes is 1. The lowest BCUT2D eigenvalue weighted by atomic mass is 10.1. The summed E-state index contributed by atoms with van der Waals surface area (Å²) < 4.78 is 5.27. The van der Waals surface area contributed by atoms with E-state index in [-0.39, 0.29) is 12.0 Å². The van der Waals surface area contributed by atoms with E-state index in [2.05, 4.69) is 0 Å². The molecule has 1 saturated heterocycles. The van der Waals surface area contributed by atoms with Crippen molar-refractivity contribution in [1.29, 1.82) is 0 Å². The fourth-order valence-electron chi connectivity index (χ4n) is 1.64. The lowest BCUT2D eigenvalue weighted by Crippen LogP contribution is -2.35. The summed E-state index contributed by atoms with van der Waals surface area (Å²) in [4.78, 5) is 23.5. The summed E-state index contributed by atoms with van der Waals surface area (Å²) in [6.45, 7) is 6.89. The summed E-state index contributed by atoms with van der Waals surface area (Å²) in [5, 5.41) is 0. The summed E-state index contributed by atoms with van der Waals surface area (Å²) in [5.41, 5.74) is -0.451. The van der Waals surface area contributed by atoms with Crippen molar-refractivity contribution in [3.8, 4) is 0 Å². The van der Waals surface area contributed by atoms with Crippen LogP contribution in [0.3, 0.4) is 0 Å². The topological polar surface area (TPSA) is 46.6 Å². The predicted octanol–water partition coefficient (Wildman–Crippen LogP) is 2.00. The Morgan fingerprint density at radius 1 is 1.44 bits per heavy atom. The van der Waals surface area contributed by atoms with E-state index in [0.717, 1.165) is 12.7 Å². The molecule has 1 amide bonds. The average molecular weight is 225 g/mol. The summed E-state index contributed by atoms with van der Waals surface area (Å²) in [6.07, 6.45) is 4.72. The van der Waals surface area contributed by atoms with Gasteiger partial charge in [0, 0.05) is 13.1 Å². The molecule has 16 heavy (non-hydrogen) atoms. The fourth-order valence-corrected chi connectivity index (χ4v) is 1.64. The van der Waals surface area contributed by atoms with Crippen molar-refractivity contribution in [2.75, 3.05) is 13.1 Å². The van der Waals surface area contributed by atoms with Crippen LogP contribution in [0.4, 0.5) is 4.79 Å². The third-order valence-electron chi connectivity index (χ3n) is 2.34. The zero-order chi connectivity index (χ0) is 12.2. The van der Waals surface area contributed by atoms with Crippen LogP contribution >= 0.6 is 0 Å². The Morgan fingerprint density at radius 3 is 2.69 bits per heavy atom. The number of hydrogen-bond donors (Lipinski definition) is 0. The minimum Gasteiger partial charge on any atom is -0.444 e. The molecule has 0 aromatic carbocycles. The Kier molecular flexibility index (Phi) is 4.10. The number of nitrogens with zero attached hydrogens (tertiary/aromatic N) is 1. The van der Waals surface area contributed by atoms with Gasteiger partial charge in [-0.15, -0.1) is 0 Å². The molecular weight excluding hydrogens is 206 g/mol. The van der Waals surface area contributed by atoms with Crippen LogP contribution in [-0.2, 0) is 9.53 Å². The maximum Gasteiger partial charge on any atom is 0.410 e. The minimum absolute atomic E-state index is 0.269. The van der Waals surface area contributed by atoms with Gasteiger partial charge in [-0.3, -0.25) is 4.79 Å². The first kappa shape index (κ1) is 12.7. The molecule has 1 heterocycles. The summed E-state index contributed by atoms with van der Waals surface area (Å²) in [5.74, 6) is 0.276. The predicted molar refractivity (Wildman–Crippen MR) is 61.1 cm³/mol. The number of rotatable bonds is 2. The molecular formula is C12H19NO3. The largest absolute Gasteiger partial charge is 0.444 e. The molecule has 1 unspecified atom stereocenters. The van der Waals surface area contributed by atoms with Crippen LogP contribution in [0.25, 0.3) is 0 Å². The molecule has 0 aromatic rings. The third-order valence-corrected chi connectivity index (χ3v) is 2.34. The van der Waals surface area contributed by atoms with Gasteiger partial charge in [-0.2, -0.15) is 0 Å². The van der Waals surface area contributed by atoms with E-state index in [0.29, 0.717) is 13.1 Å². The maximum atomic E-state index is 11.7. The maximum absolute atomic E-state index is 11.7. The van der Waals surface area contributed by atoms with E-state index in [1.54, 1.807) is 4.90 Å². The highest BCUT2D eigenvalue weighted by Crippen LogP contribution is 2.20. The zero-order valence-electron chi connectivity index (χ0n) is 10.1. The first-order valence-corrected chi connectivity index (χ1v) is 5.52. The molecule has 1 fully saturated rings. The van der Waals surface area contributed by atoms with Gasteiger partial charge >= 0.3 is 6.09 Å². The molecule has 4 nitrogen and oxygen atoms in total.